The molecule has 1 aliphatic heterocycles. The van der Waals surface area contributed by atoms with Crippen molar-refractivity contribution in [2.24, 2.45) is 0 Å². The van der Waals surface area contributed by atoms with Crippen molar-refractivity contribution in [2.75, 3.05) is 18.1 Å². The van der Waals surface area contributed by atoms with Crippen molar-refractivity contribution in [3.8, 4) is 0 Å². The lowest BCUT2D eigenvalue weighted by Crippen LogP contribution is -2.46. The standard InChI is InChI=1S/C13H17FN2O2/c1-2-18-13(17)11-5-3-4-8-16(11)12-7-6-10(14)9-15-12/h6-7,9,11H,2-5,8H2,1H3. The summed E-state index contributed by atoms with van der Waals surface area (Å²) in [7, 11) is 0. The minimum atomic E-state index is -0.372. The minimum Gasteiger partial charge on any atom is -0.464 e. The number of pyridine rings is 1. The molecule has 1 atom stereocenters. The molecule has 0 saturated carbocycles. The van der Waals surface area contributed by atoms with Gasteiger partial charge < -0.3 is 9.64 Å². The molecule has 1 aliphatic rings. The van der Waals surface area contributed by atoms with Crippen LogP contribution >= 0.6 is 0 Å². The highest BCUT2D eigenvalue weighted by molar-refractivity contribution is 5.79. The highest BCUT2D eigenvalue weighted by atomic mass is 19.1. The van der Waals surface area contributed by atoms with Crippen LogP contribution in [-0.2, 0) is 9.53 Å². The maximum absolute atomic E-state index is 12.9. The molecule has 0 aliphatic carbocycles. The first-order chi connectivity index (χ1) is 8.72. The van der Waals surface area contributed by atoms with Crippen molar-refractivity contribution >= 4 is 11.8 Å². The van der Waals surface area contributed by atoms with Gasteiger partial charge in [-0.1, -0.05) is 0 Å². The fourth-order valence-corrected chi connectivity index (χ4v) is 2.23. The Hall–Kier alpha value is -1.65. The molecule has 0 spiro atoms. The molecule has 18 heavy (non-hydrogen) atoms. The maximum atomic E-state index is 12.9. The molecule has 1 aromatic heterocycles. The molecule has 98 valence electrons. The molecule has 1 saturated heterocycles. The number of hydrogen-bond donors (Lipinski definition) is 0. The first-order valence-electron chi connectivity index (χ1n) is 6.27. The number of halogens is 1. The van der Waals surface area contributed by atoms with Crippen LogP contribution in [0.25, 0.3) is 0 Å². The van der Waals surface area contributed by atoms with E-state index in [4.69, 9.17) is 4.74 Å². The molecule has 2 rings (SSSR count). The highest BCUT2D eigenvalue weighted by Crippen LogP contribution is 2.23. The van der Waals surface area contributed by atoms with E-state index in [0.29, 0.717) is 12.4 Å². The average Bonchev–Trinajstić information content (AvgIpc) is 2.40. The van der Waals surface area contributed by atoms with Crippen molar-refractivity contribution in [1.82, 2.24) is 4.98 Å². The van der Waals surface area contributed by atoms with E-state index in [9.17, 15) is 9.18 Å². The van der Waals surface area contributed by atoms with Crippen LogP contribution in [0.2, 0.25) is 0 Å². The van der Waals surface area contributed by atoms with Gasteiger partial charge in [-0.3, -0.25) is 0 Å². The number of rotatable bonds is 3. The predicted octanol–water partition coefficient (Wildman–Crippen LogP) is 2.14. The van der Waals surface area contributed by atoms with Gasteiger partial charge in [-0.05, 0) is 38.3 Å². The Kier molecular flexibility index (Phi) is 4.12. The molecular formula is C13H17FN2O2. The van der Waals surface area contributed by atoms with Crippen LogP contribution in [0.1, 0.15) is 26.2 Å². The molecule has 0 N–H and O–H groups in total. The third kappa shape index (κ3) is 2.78. The summed E-state index contributed by atoms with van der Waals surface area (Å²) in [5, 5.41) is 0. The lowest BCUT2D eigenvalue weighted by molar-refractivity contribution is -0.145. The number of carbonyl (C=O) groups excluding carboxylic acids is 1. The van der Waals surface area contributed by atoms with Crippen molar-refractivity contribution in [1.29, 1.82) is 0 Å². The van der Waals surface area contributed by atoms with Gasteiger partial charge in [0.15, 0.2) is 0 Å². The molecule has 5 heteroatoms. The van der Waals surface area contributed by atoms with E-state index in [1.165, 1.54) is 12.3 Å². The van der Waals surface area contributed by atoms with Crippen LogP contribution in [0.3, 0.4) is 0 Å². The summed E-state index contributed by atoms with van der Waals surface area (Å²) in [6.07, 6.45) is 3.94. The third-order valence-corrected chi connectivity index (χ3v) is 3.07. The van der Waals surface area contributed by atoms with Gasteiger partial charge in [-0.2, -0.15) is 0 Å². The van der Waals surface area contributed by atoms with E-state index < -0.39 is 0 Å². The van der Waals surface area contributed by atoms with Gasteiger partial charge in [0.05, 0.1) is 12.8 Å². The molecule has 1 unspecified atom stereocenters. The van der Waals surface area contributed by atoms with Crippen molar-refractivity contribution in [3.05, 3.63) is 24.1 Å². The van der Waals surface area contributed by atoms with E-state index in [0.717, 1.165) is 25.8 Å². The van der Waals surface area contributed by atoms with Gasteiger partial charge in [0.25, 0.3) is 0 Å². The van der Waals surface area contributed by atoms with Crippen molar-refractivity contribution in [2.45, 2.75) is 32.2 Å². The number of nitrogens with zero attached hydrogens (tertiary/aromatic N) is 2. The molecule has 0 radical (unpaired) electrons. The summed E-state index contributed by atoms with van der Waals surface area (Å²) in [6, 6.07) is 2.67. The lowest BCUT2D eigenvalue weighted by Gasteiger charge is -2.34. The lowest BCUT2D eigenvalue weighted by atomic mass is 10.0. The SMILES string of the molecule is CCOC(=O)C1CCCCN1c1ccc(F)cn1. The number of hydrogen-bond acceptors (Lipinski definition) is 4. The molecule has 4 nitrogen and oxygen atoms in total. The first kappa shape index (κ1) is 12.8. The zero-order valence-corrected chi connectivity index (χ0v) is 10.4. The zero-order chi connectivity index (χ0) is 13.0. The Bertz CT molecular complexity index is 408. The fourth-order valence-electron chi connectivity index (χ4n) is 2.23. The number of anilines is 1. The monoisotopic (exact) mass is 252 g/mol. The average molecular weight is 252 g/mol. The van der Waals surface area contributed by atoms with Gasteiger partial charge in [0.2, 0.25) is 0 Å². The predicted molar refractivity (Wildman–Crippen MR) is 65.8 cm³/mol. The summed E-state index contributed by atoms with van der Waals surface area (Å²) in [5.41, 5.74) is 0. The van der Waals surface area contributed by atoms with E-state index >= 15 is 0 Å². The van der Waals surface area contributed by atoms with Crippen LogP contribution in [0.5, 0.6) is 0 Å². The van der Waals surface area contributed by atoms with Crippen LogP contribution in [0.4, 0.5) is 10.2 Å². The smallest absolute Gasteiger partial charge is 0.328 e. The minimum absolute atomic E-state index is 0.219. The topological polar surface area (TPSA) is 42.4 Å². The Morgan fingerprint density at radius 1 is 1.56 bits per heavy atom. The second-order valence-electron chi connectivity index (χ2n) is 4.29. The second kappa shape index (κ2) is 5.80. The van der Waals surface area contributed by atoms with E-state index in [-0.39, 0.29) is 17.8 Å². The Balaban J connectivity index is 2.17. The number of piperidine rings is 1. The quantitative estimate of drug-likeness (QED) is 0.773. The summed E-state index contributed by atoms with van der Waals surface area (Å²) in [5.74, 6) is 0.0425. The van der Waals surface area contributed by atoms with E-state index in [1.54, 1.807) is 13.0 Å². The van der Waals surface area contributed by atoms with E-state index in [1.807, 2.05) is 4.90 Å². The van der Waals surface area contributed by atoms with Gasteiger partial charge in [-0.25, -0.2) is 14.2 Å². The molecular weight excluding hydrogens is 235 g/mol. The number of carbonyl (C=O) groups is 1. The molecule has 0 amide bonds. The summed E-state index contributed by atoms with van der Waals surface area (Å²) in [6.45, 7) is 2.92. The second-order valence-corrected chi connectivity index (χ2v) is 4.29. The van der Waals surface area contributed by atoms with Crippen molar-refractivity contribution in [3.63, 3.8) is 0 Å². The van der Waals surface area contributed by atoms with Crippen molar-refractivity contribution < 1.29 is 13.9 Å². The highest BCUT2D eigenvalue weighted by Gasteiger charge is 2.30. The molecule has 0 bridgehead atoms. The number of esters is 1. The number of ether oxygens (including phenoxy) is 1. The maximum Gasteiger partial charge on any atom is 0.328 e. The Labute approximate surface area is 106 Å². The van der Waals surface area contributed by atoms with E-state index in [2.05, 4.69) is 4.98 Å². The molecule has 1 aromatic rings. The summed E-state index contributed by atoms with van der Waals surface area (Å²) >= 11 is 0. The first-order valence-corrected chi connectivity index (χ1v) is 6.27. The molecule has 1 fully saturated rings. The van der Waals surface area contributed by atoms with Gasteiger partial charge >= 0.3 is 5.97 Å². The van der Waals surface area contributed by atoms with Gasteiger partial charge in [0.1, 0.15) is 17.7 Å². The van der Waals surface area contributed by atoms with Gasteiger partial charge in [-0.15, -0.1) is 0 Å². The summed E-state index contributed by atoms with van der Waals surface area (Å²) in [4.78, 5) is 17.8. The van der Waals surface area contributed by atoms with Crippen LogP contribution in [0, 0.1) is 5.82 Å². The normalized spacial score (nSPS) is 19.7. The fraction of sp³-hybridized carbons (Fsp3) is 0.538. The summed E-state index contributed by atoms with van der Waals surface area (Å²) < 4.78 is 17.9. The van der Waals surface area contributed by atoms with Crippen LogP contribution < -0.4 is 4.90 Å². The Morgan fingerprint density at radius 2 is 2.39 bits per heavy atom. The largest absolute Gasteiger partial charge is 0.464 e. The third-order valence-electron chi connectivity index (χ3n) is 3.07. The van der Waals surface area contributed by atoms with Crippen LogP contribution in [-0.4, -0.2) is 30.1 Å². The zero-order valence-electron chi connectivity index (χ0n) is 10.4. The Morgan fingerprint density at radius 3 is 3.06 bits per heavy atom. The molecule has 2 heterocycles. The van der Waals surface area contributed by atoms with Crippen LogP contribution in [0.15, 0.2) is 18.3 Å². The molecule has 0 aromatic carbocycles. The van der Waals surface area contributed by atoms with Gasteiger partial charge in [0, 0.05) is 6.54 Å². The number of aromatic nitrogens is 1.